The van der Waals surface area contributed by atoms with Crippen molar-refractivity contribution in [2.24, 2.45) is 35.0 Å². The third-order valence-corrected chi connectivity index (χ3v) is 10.6. The van der Waals surface area contributed by atoms with E-state index in [2.05, 4.69) is 42.5 Å². The number of carbonyl (C=O) groups excluding carboxylic acids is 8. The van der Waals surface area contributed by atoms with Crippen molar-refractivity contribution >= 4 is 59.2 Å². The van der Waals surface area contributed by atoms with E-state index in [1.807, 2.05) is 6.92 Å². The molecule has 24 heteroatoms. The lowest BCUT2D eigenvalue weighted by Crippen LogP contribution is -2.62. The van der Waals surface area contributed by atoms with Crippen molar-refractivity contribution in [2.45, 2.75) is 148 Å². The fourth-order valence-corrected chi connectivity index (χ4v) is 6.48. The smallest absolute Gasteiger partial charge is 0.305 e. The zero-order valence-corrected chi connectivity index (χ0v) is 39.4. The Kier molecular flexibility index (Phi) is 24.8. The molecule has 67 heavy (non-hydrogen) atoms. The lowest BCUT2D eigenvalue weighted by molar-refractivity contribution is -0.142. The lowest BCUT2D eigenvalue weighted by Gasteiger charge is -2.29. The number of rotatable bonds is 29. The molecule has 0 fully saturated rings. The Morgan fingerprint density at radius 1 is 0.657 bits per heavy atom. The molecule has 1 aromatic carbocycles. The van der Waals surface area contributed by atoms with Crippen molar-refractivity contribution in [1.29, 1.82) is 5.41 Å². The van der Waals surface area contributed by atoms with Crippen molar-refractivity contribution in [3.05, 3.63) is 29.8 Å². The summed E-state index contributed by atoms with van der Waals surface area (Å²) in [5.41, 5.74) is 17.3. The summed E-state index contributed by atoms with van der Waals surface area (Å²) in [6, 6.07) is -5.41. The topological polar surface area (TPSA) is 412 Å². The van der Waals surface area contributed by atoms with Crippen LogP contribution in [0.1, 0.15) is 93.1 Å². The zero-order chi connectivity index (χ0) is 51.3. The summed E-state index contributed by atoms with van der Waals surface area (Å²) < 4.78 is 0. The van der Waals surface area contributed by atoms with Crippen molar-refractivity contribution in [3.63, 3.8) is 0 Å². The summed E-state index contributed by atoms with van der Waals surface area (Å²) >= 11 is 0. The minimum Gasteiger partial charge on any atom is -0.508 e. The molecule has 0 heterocycles. The largest absolute Gasteiger partial charge is 0.508 e. The standard InChI is InChI=1S/C43H72N12O12/c1-9-22(6)33(35(45)60)54-36(61)23(7)49-41(66)32(21(4)5)53-39(64)28(17-20(2)3)51-38(63)30(19-31(58)59)52-42(67)34(24(8)56)55-40(65)29(18-25-12-14-26(57)15-13-25)50-37(62)27(44)11-10-16-48-43(46)47/h12-15,20-24,27-30,32-34,56-57H,9-11,16-19,44H2,1-8H3,(H2,45,60)(H,49,66)(H,50,62)(H,51,63)(H,52,67)(H,53,64)(H,54,61)(H,55,65)(H,58,59)(H4,46,47,48)/t22-,23-,24+,27-,28-,29-,30-,32-,33-,34-/m0/s1. The van der Waals surface area contributed by atoms with Crippen molar-refractivity contribution < 1.29 is 58.5 Å². The number of aliphatic hydroxyl groups excluding tert-OH is 1. The Labute approximate surface area is 390 Å². The fourth-order valence-electron chi connectivity index (χ4n) is 6.48. The zero-order valence-electron chi connectivity index (χ0n) is 39.4. The number of carbonyl (C=O) groups is 9. The summed E-state index contributed by atoms with van der Waals surface area (Å²) in [5.74, 6) is -10.2. The van der Waals surface area contributed by atoms with Gasteiger partial charge in [-0.05, 0) is 68.6 Å². The predicted octanol–water partition coefficient (Wildman–Crippen LogP) is -2.97. The quantitative estimate of drug-likeness (QED) is 0.0217. The molecule has 0 saturated carbocycles. The van der Waals surface area contributed by atoms with Gasteiger partial charge < -0.3 is 75.1 Å². The van der Waals surface area contributed by atoms with E-state index >= 15 is 0 Å². The van der Waals surface area contributed by atoms with Gasteiger partial charge in [0, 0.05) is 13.0 Å². The minimum absolute atomic E-state index is 0.0276. The Hall–Kier alpha value is -6.56. The molecule has 0 bridgehead atoms. The van der Waals surface area contributed by atoms with Gasteiger partial charge in [0.05, 0.1) is 18.6 Å². The van der Waals surface area contributed by atoms with Gasteiger partial charge in [-0.3, -0.25) is 48.6 Å². The number of phenols is 1. The molecule has 0 aromatic heterocycles. The summed E-state index contributed by atoms with van der Waals surface area (Å²) in [4.78, 5) is 119. The molecule has 0 radical (unpaired) electrons. The molecule has 24 nitrogen and oxygen atoms in total. The number of aliphatic carboxylic acids is 1. The number of hydrogen-bond acceptors (Lipinski definition) is 13. The van der Waals surface area contributed by atoms with Gasteiger partial charge in [-0.15, -0.1) is 0 Å². The van der Waals surface area contributed by atoms with Crippen LogP contribution in [0.25, 0.3) is 0 Å². The highest BCUT2D eigenvalue weighted by molar-refractivity contribution is 5.98. The van der Waals surface area contributed by atoms with Crippen LogP contribution in [0, 0.1) is 23.2 Å². The first-order valence-corrected chi connectivity index (χ1v) is 22.1. The highest BCUT2D eigenvalue weighted by Gasteiger charge is 2.36. The number of aliphatic hydroxyl groups is 1. The summed E-state index contributed by atoms with van der Waals surface area (Å²) in [6.07, 6.45) is -1.90. The van der Waals surface area contributed by atoms with Gasteiger partial charge in [0.25, 0.3) is 0 Å². The van der Waals surface area contributed by atoms with Crippen LogP contribution in [0.3, 0.4) is 0 Å². The molecule has 0 aliphatic heterocycles. The number of primary amides is 1. The number of nitrogens with two attached hydrogens (primary N) is 3. The predicted molar refractivity (Wildman–Crippen MR) is 245 cm³/mol. The number of carboxylic acid groups (broad SMARTS) is 1. The molecule has 8 amide bonds. The van der Waals surface area contributed by atoms with E-state index in [-0.39, 0.29) is 49.4 Å². The third-order valence-electron chi connectivity index (χ3n) is 10.6. The maximum absolute atomic E-state index is 13.8. The molecular formula is C43H72N12O12. The van der Waals surface area contributed by atoms with Crippen LogP contribution in [0.2, 0.25) is 0 Å². The monoisotopic (exact) mass is 949 g/mol. The van der Waals surface area contributed by atoms with Crippen molar-refractivity contribution in [3.8, 4) is 5.75 Å². The Morgan fingerprint density at radius 3 is 1.67 bits per heavy atom. The van der Waals surface area contributed by atoms with Crippen LogP contribution in [0.4, 0.5) is 0 Å². The van der Waals surface area contributed by atoms with Gasteiger partial charge in [0.15, 0.2) is 5.96 Å². The Bertz CT molecular complexity index is 1880. The number of phenolic OH excluding ortho intramolecular Hbond substituents is 1. The molecule has 0 unspecified atom stereocenters. The van der Waals surface area contributed by atoms with Crippen LogP contribution >= 0.6 is 0 Å². The number of carboxylic acids is 1. The van der Waals surface area contributed by atoms with Gasteiger partial charge in [-0.25, -0.2) is 0 Å². The average Bonchev–Trinajstić information content (AvgIpc) is 3.23. The van der Waals surface area contributed by atoms with E-state index in [1.165, 1.54) is 31.2 Å². The highest BCUT2D eigenvalue weighted by atomic mass is 16.4. The second-order valence-electron chi connectivity index (χ2n) is 17.3. The summed E-state index contributed by atoms with van der Waals surface area (Å²) in [6.45, 7) is 13.0. The fraction of sp³-hybridized carbons (Fsp3) is 0.628. The second-order valence-corrected chi connectivity index (χ2v) is 17.3. The molecule has 1 aromatic rings. The molecule has 376 valence electrons. The number of guanidine groups is 1. The van der Waals surface area contributed by atoms with Crippen LogP contribution in [-0.4, -0.2) is 135 Å². The average molecular weight is 949 g/mol. The number of hydrogen-bond donors (Lipinski definition) is 15. The molecule has 18 N–H and O–H groups in total. The third kappa shape index (κ3) is 21.1. The maximum atomic E-state index is 13.8. The first-order chi connectivity index (χ1) is 31.2. The van der Waals surface area contributed by atoms with E-state index < -0.39 is 120 Å². The normalized spacial score (nSPS) is 15.6. The first kappa shape index (κ1) is 58.5. The number of aromatic hydroxyl groups is 1. The van der Waals surface area contributed by atoms with Gasteiger partial charge in [-0.1, -0.05) is 60.1 Å². The number of nitrogens with one attached hydrogen (secondary N) is 9. The van der Waals surface area contributed by atoms with E-state index in [9.17, 15) is 58.5 Å². The minimum atomic E-state index is -1.88. The molecule has 10 atom stereocenters. The maximum Gasteiger partial charge on any atom is 0.305 e. The van der Waals surface area contributed by atoms with E-state index in [0.29, 0.717) is 18.4 Å². The van der Waals surface area contributed by atoms with Crippen molar-refractivity contribution in [1.82, 2.24) is 42.5 Å². The molecule has 0 spiro atoms. The molecule has 1 rings (SSSR count). The van der Waals surface area contributed by atoms with E-state index in [1.54, 1.807) is 34.6 Å². The Balaban J connectivity index is 3.31. The van der Waals surface area contributed by atoms with E-state index in [0.717, 1.165) is 6.92 Å². The molecule has 0 saturated heterocycles. The SMILES string of the molecule is CC[C@H](C)[C@H](NC(=O)[C@H](C)NC(=O)[C@@H](NC(=O)[C@H](CC(C)C)NC(=O)[C@H](CC(=O)O)NC(=O)[C@@H](NC(=O)[C@H](Cc1ccc(O)cc1)NC(=O)[C@@H](N)CCCNC(=N)N)[C@@H](C)O)C(C)C)C(N)=O. The van der Waals surface area contributed by atoms with Crippen molar-refractivity contribution in [2.75, 3.05) is 6.54 Å². The number of amides is 8. The van der Waals surface area contributed by atoms with E-state index in [4.69, 9.17) is 22.6 Å². The van der Waals surface area contributed by atoms with Gasteiger partial charge >= 0.3 is 5.97 Å². The van der Waals surface area contributed by atoms with Gasteiger partial charge in [0.2, 0.25) is 47.3 Å². The lowest BCUT2D eigenvalue weighted by atomic mass is 9.98. The van der Waals surface area contributed by atoms with Crippen LogP contribution < -0.4 is 59.7 Å². The van der Waals surface area contributed by atoms with Crippen LogP contribution in [0.15, 0.2) is 24.3 Å². The van der Waals surface area contributed by atoms with Crippen LogP contribution in [-0.2, 0) is 49.6 Å². The first-order valence-electron chi connectivity index (χ1n) is 22.1. The van der Waals surface area contributed by atoms with Gasteiger partial charge in [0.1, 0.15) is 48.0 Å². The molecular weight excluding hydrogens is 877 g/mol. The summed E-state index contributed by atoms with van der Waals surface area (Å²) in [5, 5.41) is 57.2. The number of benzene rings is 1. The Morgan fingerprint density at radius 2 is 1.16 bits per heavy atom. The molecule has 0 aliphatic rings. The highest BCUT2D eigenvalue weighted by Crippen LogP contribution is 2.14. The second kappa shape index (κ2) is 28.5. The van der Waals surface area contributed by atoms with Gasteiger partial charge in [-0.2, -0.15) is 0 Å². The summed E-state index contributed by atoms with van der Waals surface area (Å²) in [7, 11) is 0. The van der Waals surface area contributed by atoms with Crippen LogP contribution in [0.5, 0.6) is 5.75 Å². The molecule has 0 aliphatic carbocycles.